The van der Waals surface area contributed by atoms with Crippen LogP contribution < -0.4 is 10.6 Å². The van der Waals surface area contributed by atoms with Crippen LogP contribution in [-0.4, -0.2) is 32.3 Å². The van der Waals surface area contributed by atoms with E-state index < -0.39 is 0 Å². The normalized spacial score (nSPS) is 20.8. The van der Waals surface area contributed by atoms with Gasteiger partial charge in [-0.05, 0) is 56.5 Å². The number of hydrogen-bond acceptors (Lipinski definition) is 3. The van der Waals surface area contributed by atoms with Gasteiger partial charge in [0.25, 0.3) is 0 Å². The Morgan fingerprint density at radius 3 is 3.00 bits per heavy atom. The van der Waals surface area contributed by atoms with Crippen molar-refractivity contribution >= 4 is 5.69 Å². The molecule has 1 aliphatic rings. The van der Waals surface area contributed by atoms with E-state index in [4.69, 9.17) is 10.5 Å². The third kappa shape index (κ3) is 3.24. The van der Waals surface area contributed by atoms with Crippen molar-refractivity contribution < 1.29 is 4.74 Å². The summed E-state index contributed by atoms with van der Waals surface area (Å²) in [6.45, 7) is 7.98. The van der Waals surface area contributed by atoms with Crippen molar-refractivity contribution in [1.29, 1.82) is 0 Å². The molecule has 0 bridgehead atoms. The van der Waals surface area contributed by atoms with Crippen LogP contribution in [-0.2, 0) is 11.2 Å². The molecule has 0 spiro atoms. The number of aryl methyl sites for hydroxylation is 1. The van der Waals surface area contributed by atoms with Crippen LogP contribution in [0.2, 0.25) is 0 Å². The molecule has 0 saturated carbocycles. The molecule has 1 aromatic carbocycles. The SMILES string of the molecule is Cc1cc(N2CCCOC(C)C2)ccc1CCN. The smallest absolute Gasteiger partial charge is 0.0721 e. The van der Waals surface area contributed by atoms with Gasteiger partial charge in [-0.2, -0.15) is 0 Å². The maximum absolute atomic E-state index is 5.69. The van der Waals surface area contributed by atoms with Crippen molar-refractivity contribution in [3.63, 3.8) is 0 Å². The summed E-state index contributed by atoms with van der Waals surface area (Å²) in [4.78, 5) is 2.43. The molecule has 2 N–H and O–H groups in total. The zero-order valence-corrected chi connectivity index (χ0v) is 11.5. The van der Waals surface area contributed by atoms with E-state index >= 15 is 0 Å². The average molecular weight is 248 g/mol. The lowest BCUT2D eigenvalue weighted by atomic mass is 10.0. The Balaban J connectivity index is 2.14. The van der Waals surface area contributed by atoms with Gasteiger partial charge in [0.15, 0.2) is 0 Å². The van der Waals surface area contributed by atoms with E-state index in [-0.39, 0.29) is 0 Å². The van der Waals surface area contributed by atoms with Crippen LogP contribution in [0.4, 0.5) is 5.69 Å². The zero-order valence-electron chi connectivity index (χ0n) is 11.5. The Bertz CT molecular complexity index is 392. The number of anilines is 1. The van der Waals surface area contributed by atoms with Crippen molar-refractivity contribution in [3.8, 4) is 0 Å². The van der Waals surface area contributed by atoms with Gasteiger partial charge < -0.3 is 15.4 Å². The molecule has 1 fully saturated rings. The van der Waals surface area contributed by atoms with Crippen molar-refractivity contribution in [3.05, 3.63) is 29.3 Å². The van der Waals surface area contributed by atoms with Gasteiger partial charge in [-0.1, -0.05) is 6.07 Å². The standard InChI is InChI=1S/C15H24N2O/c1-12-10-15(5-4-14(12)6-7-16)17-8-3-9-18-13(2)11-17/h4-5,10,13H,3,6-9,11,16H2,1-2H3. The predicted molar refractivity (Wildman–Crippen MR) is 76.2 cm³/mol. The van der Waals surface area contributed by atoms with Crippen molar-refractivity contribution in [2.75, 3.05) is 31.1 Å². The number of ether oxygens (including phenoxy) is 1. The molecule has 3 nitrogen and oxygen atoms in total. The predicted octanol–water partition coefficient (Wildman–Crippen LogP) is 2.11. The summed E-state index contributed by atoms with van der Waals surface area (Å²) in [6, 6.07) is 6.72. The molecule has 0 aliphatic carbocycles. The van der Waals surface area contributed by atoms with E-state index in [0.717, 1.165) is 39.1 Å². The van der Waals surface area contributed by atoms with Crippen LogP contribution in [0.25, 0.3) is 0 Å². The highest BCUT2D eigenvalue weighted by Gasteiger charge is 2.15. The molecule has 1 aliphatic heterocycles. The van der Waals surface area contributed by atoms with E-state index in [0.29, 0.717) is 6.10 Å². The number of rotatable bonds is 3. The monoisotopic (exact) mass is 248 g/mol. The van der Waals surface area contributed by atoms with Crippen LogP contribution in [0.15, 0.2) is 18.2 Å². The highest BCUT2D eigenvalue weighted by Crippen LogP contribution is 2.21. The van der Waals surface area contributed by atoms with Crippen molar-refractivity contribution in [1.82, 2.24) is 0 Å². The molecule has 0 radical (unpaired) electrons. The fraction of sp³-hybridized carbons (Fsp3) is 0.600. The molecule has 1 aromatic rings. The summed E-state index contributed by atoms with van der Waals surface area (Å²) in [7, 11) is 0. The first-order valence-corrected chi connectivity index (χ1v) is 6.87. The summed E-state index contributed by atoms with van der Waals surface area (Å²) in [6.07, 6.45) is 2.39. The van der Waals surface area contributed by atoms with E-state index in [1.54, 1.807) is 0 Å². The van der Waals surface area contributed by atoms with E-state index in [1.165, 1.54) is 16.8 Å². The first-order chi connectivity index (χ1) is 8.70. The van der Waals surface area contributed by atoms with Crippen LogP contribution in [0.3, 0.4) is 0 Å². The second-order valence-corrected chi connectivity index (χ2v) is 5.13. The fourth-order valence-corrected chi connectivity index (χ4v) is 2.54. The lowest BCUT2D eigenvalue weighted by molar-refractivity contribution is 0.0821. The molecule has 1 atom stereocenters. The number of nitrogens with two attached hydrogens (primary N) is 1. The molecule has 1 heterocycles. The molecule has 1 saturated heterocycles. The molecular weight excluding hydrogens is 224 g/mol. The highest BCUT2D eigenvalue weighted by atomic mass is 16.5. The second kappa shape index (κ2) is 6.21. The maximum atomic E-state index is 5.69. The summed E-state index contributed by atoms with van der Waals surface area (Å²) in [5.74, 6) is 0. The molecule has 2 rings (SSSR count). The fourth-order valence-electron chi connectivity index (χ4n) is 2.54. The zero-order chi connectivity index (χ0) is 13.0. The summed E-state index contributed by atoms with van der Waals surface area (Å²) in [5.41, 5.74) is 9.64. The van der Waals surface area contributed by atoms with Crippen molar-refractivity contribution in [2.24, 2.45) is 5.73 Å². The topological polar surface area (TPSA) is 38.5 Å². The summed E-state index contributed by atoms with van der Waals surface area (Å²) in [5, 5.41) is 0. The Morgan fingerprint density at radius 1 is 1.44 bits per heavy atom. The minimum atomic E-state index is 0.316. The minimum absolute atomic E-state index is 0.316. The van der Waals surface area contributed by atoms with Gasteiger partial charge in [0.2, 0.25) is 0 Å². The van der Waals surface area contributed by atoms with Gasteiger partial charge in [0, 0.05) is 25.4 Å². The Morgan fingerprint density at radius 2 is 2.28 bits per heavy atom. The lowest BCUT2D eigenvalue weighted by Gasteiger charge is -2.25. The van der Waals surface area contributed by atoms with Gasteiger partial charge in [0.1, 0.15) is 0 Å². The van der Waals surface area contributed by atoms with Gasteiger partial charge in [0.05, 0.1) is 6.10 Å². The Labute approximate surface area is 110 Å². The van der Waals surface area contributed by atoms with Gasteiger partial charge in [-0.3, -0.25) is 0 Å². The van der Waals surface area contributed by atoms with Crippen LogP contribution >= 0.6 is 0 Å². The summed E-state index contributed by atoms with van der Waals surface area (Å²) >= 11 is 0. The molecule has 3 heteroatoms. The molecule has 1 unspecified atom stereocenters. The highest BCUT2D eigenvalue weighted by molar-refractivity contribution is 5.51. The number of hydrogen-bond donors (Lipinski definition) is 1. The molecule has 18 heavy (non-hydrogen) atoms. The van der Waals surface area contributed by atoms with Gasteiger partial charge in [-0.15, -0.1) is 0 Å². The average Bonchev–Trinajstić information content (AvgIpc) is 2.57. The summed E-state index contributed by atoms with van der Waals surface area (Å²) < 4.78 is 5.69. The van der Waals surface area contributed by atoms with Crippen molar-refractivity contribution in [2.45, 2.75) is 32.8 Å². The number of benzene rings is 1. The largest absolute Gasteiger partial charge is 0.377 e. The molecule has 0 aromatic heterocycles. The first kappa shape index (κ1) is 13.4. The molecular formula is C15H24N2O. The molecule has 0 amide bonds. The quantitative estimate of drug-likeness (QED) is 0.890. The minimum Gasteiger partial charge on any atom is -0.377 e. The van der Waals surface area contributed by atoms with Crippen LogP contribution in [0, 0.1) is 6.92 Å². The van der Waals surface area contributed by atoms with E-state index in [9.17, 15) is 0 Å². The van der Waals surface area contributed by atoms with Crippen LogP contribution in [0.5, 0.6) is 0 Å². The first-order valence-electron chi connectivity index (χ1n) is 6.87. The van der Waals surface area contributed by atoms with E-state index in [2.05, 4.69) is 36.9 Å². The van der Waals surface area contributed by atoms with Gasteiger partial charge >= 0.3 is 0 Å². The number of nitrogens with zero attached hydrogens (tertiary/aromatic N) is 1. The second-order valence-electron chi connectivity index (χ2n) is 5.13. The third-order valence-corrected chi connectivity index (χ3v) is 3.56. The lowest BCUT2D eigenvalue weighted by Crippen LogP contribution is -2.30. The Kier molecular flexibility index (Phi) is 4.61. The Hall–Kier alpha value is -1.06. The van der Waals surface area contributed by atoms with Gasteiger partial charge in [-0.25, -0.2) is 0 Å². The maximum Gasteiger partial charge on any atom is 0.0721 e. The third-order valence-electron chi connectivity index (χ3n) is 3.56. The van der Waals surface area contributed by atoms with Crippen LogP contribution in [0.1, 0.15) is 24.5 Å². The molecule has 100 valence electrons. The van der Waals surface area contributed by atoms with E-state index in [1.807, 2.05) is 0 Å².